The Morgan fingerprint density at radius 2 is 1.88 bits per heavy atom. The van der Waals surface area contributed by atoms with E-state index in [1.807, 2.05) is 43.0 Å². The Morgan fingerprint density at radius 1 is 1.09 bits per heavy atom. The van der Waals surface area contributed by atoms with Crippen LogP contribution < -0.4 is 0 Å². The molecular formula is C27H26N4O2. The van der Waals surface area contributed by atoms with Gasteiger partial charge in [0.15, 0.2) is 0 Å². The molecule has 1 amide bonds. The number of fused-ring (bicyclic) bond motifs is 1. The number of carbonyl (C=O) groups is 1. The molecule has 3 heterocycles. The highest BCUT2D eigenvalue weighted by Gasteiger charge is 2.42. The number of amides is 1. The van der Waals surface area contributed by atoms with Crippen LogP contribution in [0, 0.1) is 13.8 Å². The van der Waals surface area contributed by atoms with Crippen LogP contribution in [0.15, 0.2) is 60.9 Å². The number of aryl methyl sites for hydroxylation is 3. The van der Waals surface area contributed by atoms with Gasteiger partial charge >= 0.3 is 0 Å². The maximum atomic E-state index is 13.5. The summed E-state index contributed by atoms with van der Waals surface area (Å²) in [5.74, 6) is 0.0779. The lowest BCUT2D eigenvalue weighted by Crippen LogP contribution is -2.29. The third kappa shape index (κ3) is 3.57. The van der Waals surface area contributed by atoms with Gasteiger partial charge in [0.1, 0.15) is 17.1 Å². The fraction of sp³-hybridized carbons (Fsp3) is 0.222. The van der Waals surface area contributed by atoms with E-state index in [9.17, 15) is 9.90 Å². The summed E-state index contributed by atoms with van der Waals surface area (Å²) >= 11 is 0. The molecule has 166 valence electrons. The second kappa shape index (κ2) is 8.20. The smallest absolute Gasteiger partial charge is 0.273 e. The number of pyridine rings is 1. The number of nitrogens with zero attached hydrogens (tertiary/aromatic N) is 3. The number of rotatable bonds is 5. The molecule has 6 heteroatoms. The molecule has 2 N–H and O–H groups in total. The molecule has 1 atom stereocenters. The summed E-state index contributed by atoms with van der Waals surface area (Å²) in [5, 5.41) is 18.3. The zero-order valence-electron chi connectivity index (χ0n) is 19.0. The van der Waals surface area contributed by atoms with Gasteiger partial charge in [0.2, 0.25) is 0 Å². The number of aromatic hydroxyl groups is 1. The van der Waals surface area contributed by atoms with Crippen molar-refractivity contribution in [1.82, 2.24) is 20.1 Å². The first-order valence-electron chi connectivity index (χ1n) is 11.2. The van der Waals surface area contributed by atoms with Crippen molar-refractivity contribution in [3.05, 3.63) is 100.0 Å². The lowest BCUT2D eigenvalue weighted by atomic mass is 9.93. The van der Waals surface area contributed by atoms with Gasteiger partial charge in [-0.05, 0) is 60.2 Å². The zero-order valence-corrected chi connectivity index (χ0v) is 19.0. The molecule has 2 aromatic carbocycles. The molecule has 0 spiro atoms. The van der Waals surface area contributed by atoms with Crippen molar-refractivity contribution < 1.29 is 9.90 Å². The Hall–Kier alpha value is -3.93. The summed E-state index contributed by atoms with van der Waals surface area (Å²) in [4.78, 5) is 19.6. The minimum atomic E-state index is -0.326. The van der Waals surface area contributed by atoms with Crippen LogP contribution in [0.5, 0.6) is 5.75 Å². The van der Waals surface area contributed by atoms with Crippen molar-refractivity contribution in [2.75, 3.05) is 0 Å². The van der Waals surface area contributed by atoms with Gasteiger partial charge in [-0.15, -0.1) is 0 Å². The van der Waals surface area contributed by atoms with E-state index in [0.29, 0.717) is 23.5 Å². The Labute approximate surface area is 192 Å². The quantitative estimate of drug-likeness (QED) is 0.454. The number of H-pyrrole nitrogens is 1. The first-order valence-corrected chi connectivity index (χ1v) is 11.2. The van der Waals surface area contributed by atoms with Crippen molar-refractivity contribution in [3.63, 3.8) is 0 Å². The summed E-state index contributed by atoms with van der Waals surface area (Å²) in [6.07, 6.45) is 4.46. The number of hydrogen-bond donors (Lipinski definition) is 2. The van der Waals surface area contributed by atoms with Crippen LogP contribution in [0.2, 0.25) is 0 Å². The van der Waals surface area contributed by atoms with Crippen LogP contribution in [-0.4, -0.2) is 31.1 Å². The minimum Gasteiger partial charge on any atom is -0.507 e. The third-order valence-electron chi connectivity index (χ3n) is 6.34. The molecule has 1 aliphatic heterocycles. The highest BCUT2D eigenvalue weighted by atomic mass is 16.3. The van der Waals surface area contributed by atoms with Gasteiger partial charge in [0, 0.05) is 30.1 Å². The van der Waals surface area contributed by atoms with Crippen LogP contribution >= 0.6 is 0 Å². The number of aromatic nitrogens is 3. The van der Waals surface area contributed by atoms with Crippen LogP contribution in [0.4, 0.5) is 0 Å². The normalized spacial score (nSPS) is 15.2. The van der Waals surface area contributed by atoms with Gasteiger partial charge in [-0.3, -0.25) is 14.9 Å². The van der Waals surface area contributed by atoms with Gasteiger partial charge < -0.3 is 10.0 Å². The fourth-order valence-corrected chi connectivity index (χ4v) is 4.68. The Balaban J connectivity index is 1.68. The van der Waals surface area contributed by atoms with E-state index in [1.54, 1.807) is 12.4 Å². The van der Waals surface area contributed by atoms with Gasteiger partial charge in [0.05, 0.1) is 6.04 Å². The summed E-state index contributed by atoms with van der Waals surface area (Å²) in [5.41, 5.74) is 7.52. The molecule has 33 heavy (non-hydrogen) atoms. The summed E-state index contributed by atoms with van der Waals surface area (Å²) in [6, 6.07) is 15.8. The number of aromatic amines is 1. The molecule has 4 aromatic rings. The molecule has 5 rings (SSSR count). The van der Waals surface area contributed by atoms with Crippen LogP contribution in [0.25, 0.3) is 11.3 Å². The molecule has 0 radical (unpaired) electrons. The van der Waals surface area contributed by atoms with E-state index in [1.165, 1.54) is 5.56 Å². The number of benzene rings is 2. The van der Waals surface area contributed by atoms with E-state index in [-0.39, 0.29) is 17.7 Å². The van der Waals surface area contributed by atoms with Crippen molar-refractivity contribution >= 4 is 5.91 Å². The molecule has 0 saturated carbocycles. The minimum absolute atomic E-state index is 0.110. The Bertz CT molecular complexity index is 1330. The number of nitrogens with one attached hydrogen (secondary N) is 1. The van der Waals surface area contributed by atoms with E-state index >= 15 is 0 Å². The first-order chi connectivity index (χ1) is 16.0. The topological polar surface area (TPSA) is 82.1 Å². The number of carbonyl (C=O) groups excluding carboxylic acids is 1. The lowest BCUT2D eigenvalue weighted by Gasteiger charge is -2.26. The van der Waals surface area contributed by atoms with Crippen LogP contribution in [0.1, 0.15) is 56.8 Å². The largest absolute Gasteiger partial charge is 0.507 e. The molecule has 0 aliphatic carbocycles. The van der Waals surface area contributed by atoms with Gasteiger partial charge in [-0.2, -0.15) is 5.10 Å². The number of phenols is 1. The van der Waals surface area contributed by atoms with Gasteiger partial charge in [-0.25, -0.2) is 0 Å². The van der Waals surface area contributed by atoms with Crippen molar-refractivity contribution in [2.45, 2.75) is 39.8 Å². The standard InChI is InChI=1S/C27H26N4O2/c1-4-18-7-9-20(10-8-18)25-22-23(21-13-16(2)12-17(3)26(21)32)29-30-24(22)27(33)31(25)15-19-6-5-11-28-14-19/h5-14,25,32H,4,15H2,1-3H3,(H,29,30). The van der Waals surface area contributed by atoms with Crippen molar-refractivity contribution in [3.8, 4) is 17.0 Å². The maximum absolute atomic E-state index is 13.5. The highest BCUT2D eigenvalue weighted by Crippen LogP contribution is 2.45. The molecule has 1 unspecified atom stereocenters. The van der Waals surface area contributed by atoms with Crippen LogP contribution in [0.3, 0.4) is 0 Å². The Kier molecular flexibility index (Phi) is 5.21. The SMILES string of the molecule is CCc1ccc(C2c3c(-c4cc(C)cc(C)c4O)n[nH]c3C(=O)N2Cc2cccnc2)cc1. The van der Waals surface area contributed by atoms with E-state index < -0.39 is 0 Å². The number of hydrogen-bond acceptors (Lipinski definition) is 4. The van der Waals surface area contributed by atoms with Crippen LogP contribution in [-0.2, 0) is 13.0 Å². The third-order valence-corrected chi connectivity index (χ3v) is 6.34. The summed E-state index contributed by atoms with van der Waals surface area (Å²) in [6.45, 7) is 6.41. The second-order valence-electron chi connectivity index (χ2n) is 8.63. The highest BCUT2D eigenvalue weighted by molar-refractivity contribution is 6.00. The molecule has 0 fully saturated rings. The van der Waals surface area contributed by atoms with Gasteiger partial charge in [0.25, 0.3) is 5.91 Å². The summed E-state index contributed by atoms with van der Waals surface area (Å²) < 4.78 is 0. The second-order valence-corrected chi connectivity index (χ2v) is 8.63. The Morgan fingerprint density at radius 3 is 2.58 bits per heavy atom. The fourth-order valence-electron chi connectivity index (χ4n) is 4.68. The molecule has 0 bridgehead atoms. The molecule has 6 nitrogen and oxygen atoms in total. The molecule has 1 aliphatic rings. The van der Waals surface area contributed by atoms with Gasteiger partial charge in [-0.1, -0.05) is 43.3 Å². The number of phenolic OH excluding ortho intramolecular Hbond substituents is 1. The molecule has 0 saturated heterocycles. The predicted octanol–water partition coefficient (Wildman–Crippen LogP) is 5.10. The average molecular weight is 439 g/mol. The molecule has 2 aromatic heterocycles. The zero-order chi connectivity index (χ0) is 23.1. The monoisotopic (exact) mass is 438 g/mol. The average Bonchev–Trinajstić information content (AvgIpc) is 3.36. The maximum Gasteiger partial charge on any atom is 0.273 e. The lowest BCUT2D eigenvalue weighted by molar-refractivity contribution is 0.0730. The van der Waals surface area contributed by atoms with E-state index in [2.05, 4.69) is 46.4 Å². The summed E-state index contributed by atoms with van der Waals surface area (Å²) in [7, 11) is 0. The van der Waals surface area contributed by atoms with Crippen molar-refractivity contribution in [1.29, 1.82) is 0 Å². The predicted molar refractivity (Wildman–Crippen MR) is 127 cm³/mol. The van der Waals surface area contributed by atoms with Crippen molar-refractivity contribution in [2.24, 2.45) is 0 Å². The van der Waals surface area contributed by atoms with E-state index in [0.717, 1.165) is 34.2 Å². The molecular weight excluding hydrogens is 412 g/mol. The van der Waals surface area contributed by atoms with E-state index in [4.69, 9.17) is 0 Å². The first kappa shape index (κ1) is 20.9.